The van der Waals surface area contributed by atoms with Gasteiger partial charge in [-0.3, -0.25) is 4.79 Å². The molecule has 0 N–H and O–H groups in total. The highest BCUT2D eigenvalue weighted by Crippen LogP contribution is 2.26. The molecule has 0 spiro atoms. The fourth-order valence-electron chi connectivity index (χ4n) is 5.08. The molecule has 0 bridgehead atoms. The Hall–Kier alpha value is -1.97. The fraction of sp³-hybridized carbons (Fsp3) is 0.667. The zero-order chi connectivity index (χ0) is 23.8. The van der Waals surface area contributed by atoms with Crippen LogP contribution in [0.2, 0.25) is 0 Å². The fourth-order valence-corrected chi connectivity index (χ4v) is 6.62. The number of ether oxygens (including phenoxy) is 1. The van der Waals surface area contributed by atoms with Crippen molar-refractivity contribution < 1.29 is 17.9 Å². The maximum Gasteiger partial charge on any atom is 0.243 e. The Labute approximate surface area is 196 Å². The highest BCUT2D eigenvalue weighted by atomic mass is 32.2. The van der Waals surface area contributed by atoms with Crippen LogP contribution in [0.25, 0.3) is 11.0 Å². The molecule has 0 aliphatic carbocycles. The van der Waals surface area contributed by atoms with Gasteiger partial charge in [0.15, 0.2) is 0 Å². The lowest BCUT2D eigenvalue weighted by atomic mass is 10.0. The number of hydrogen-bond donors (Lipinski definition) is 0. The third kappa shape index (κ3) is 5.10. The molecular weight excluding hydrogens is 440 g/mol. The molecule has 1 amide bonds. The zero-order valence-electron chi connectivity index (χ0n) is 20.2. The van der Waals surface area contributed by atoms with Gasteiger partial charge in [0.1, 0.15) is 5.82 Å². The van der Waals surface area contributed by atoms with Crippen LogP contribution in [0.15, 0.2) is 23.1 Å². The number of morpholine rings is 1. The van der Waals surface area contributed by atoms with Crippen molar-refractivity contribution >= 4 is 27.0 Å². The second kappa shape index (κ2) is 9.35. The molecule has 8 nitrogen and oxygen atoms in total. The summed E-state index contributed by atoms with van der Waals surface area (Å²) in [5.41, 5.74) is 1.24. The Kier molecular flexibility index (Phi) is 6.85. The van der Waals surface area contributed by atoms with Gasteiger partial charge in [-0.15, -0.1) is 0 Å². The van der Waals surface area contributed by atoms with Gasteiger partial charge in [-0.2, -0.15) is 4.31 Å². The number of nitrogens with zero attached hydrogens (tertiary/aromatic N) is 4. The van der Waals surface area contributed by atoms with Crippen LogP contribution in [0.4, 0.5) is 0 Å². The van der Waals surface area contributed by atoms with Gasteiger partial charge in [0.25, 0.3) is 0 Å². The van der Waals surface area contributed by atoms with Gasteiger partial charge in [-0.05, 0) is 58.2 Å². The van der Waals surface area contributed by atoms with Crippen LogP contribution in [0, 0.1) is 0 Å². The summed E-state index contributed by atoms with van der Waals surface area (Å²) in [6.07, 6.45) is 3.64. The van der Waals surface area contributed by atoms with Crippen LogP contribution < -0.4 is 0 Å². The first-order valence-electron chi connectivity index (χ1n) is 12.1. The summed E-state index contributed by atoms with van der Waals surface area (Å²) in [6.45, 7) is 11.2. The lowest BCUT2D eigenvalue weighted by molar-refractivity contribution is -0.158. The summed E-state index contributed by atoms with van der Waals surface area (Å²) in [6, 6.07) is 5.24. The summed E-state index contributed by atoms with van der Waals surface area (Å²) in [4.78, 5) is 19.9. The summed E-state index contributed by atoms with van der Waals surface area (Å²) in [7, 11) is -3.49. The quantitative estimate of drug-likeness (QED) is 0.613. The van der Waals surface area contributed by atoms with Gasteiger partial charge in [0.05, 0.1) is 27.6 Å². The molecule has 3 heterocycles. The van der Waals surface area contributed by atoms with E-state index in [4.69, 9.17) is 9.72 Å². The molecule has 0 saturated carbocycles. The summed E-state index contributed by atoms with van der Waals surface area (Å²) >= 11 is 0. The molecule has 2 aromatic rings. The second-order valence-electron chi connectivity index (χ2n) is 9.90. The number of rotatable bonds is 7. The van der Waals surface area contributed by atoms with Crippen LogP contribution in [0.1, 0.15) is 59.2 Å². The van der Waals surface area contributed by atoms with E-state index in [1.807, 2.05) is 31.7 Å². The van der Waals surface area contributed by atoms with E-state index in [0.29, 0.717) is 49.4 Å². The summed E-state index contributed by atoms with van der Waals surface area (Å²) in [5, 5.41) is 0. The minimum atomic E-state index is -3.49. The molecule has 2 saturated heterocycles. The SMILES string of the molecule is CCCn1c(CCC(=O)N2CC(C)OC(C)(C)C2)nc2cc(S(=O)(=O)N3CCCC3)ccc21. The van der Waals surface area contributed by atoms with E-state index < -0.39 is 10.0 Å². The average Bonchev–Trinajstić information content (AvgIpc) is 3.39. The first-order valence-corrected chi connectivity index (χ1v) is 13.5. The Bertz CT molecular complexity index is 1120. The molecule has 1 aromatic heterocycles. The van der Waals surface area contributed by atoms with Gasteiger partial charge >= 0.3 is 0 Å². The molecule has 1 unspecified atom stereocenters. The highest BCUT2D eigenvalue weighted by Gasteiger charge is 2.33. The number of aryl methyl sites for hydroxylation is 2. The molecule has 2 aliphatic rings. The van der Waals surface area contributed by atoms with E-state index in [1.54, 1.807) is 16.4 Å². The third-order valence-corrected chi connectivity index (χ3v) is 8.33. The second-order valence-corrected chi connectivity index (χ2v) is 11.8. The van der Waals surface area contributed by atoms with Crippen molar-refractivity contribution in [3.8, 4) is 0 Å². The maximum atomic E-state index is 13.0. The lowest BCUT2D eigenvalue weighted by Gasteiger charge is -2.41. The molecule has 1 atom stereocenters. The lowest BCUT2D eigenvalue weighted by Crippen LogP contribution is -2.53. The largest absolute Gasteiger partial charge is 0.369 e. The van der Waals surface area contributed by atoms with Crippen molar-refractivity contribution in [3.05, 3.63) is 24.0 Å². The monoisotopic (exact) mass is 476 g/mol. The first-order chi connectivity index (χ1) is 15.6. The van der Waals surface area contributed by atoms with Gasteiger partial charge in [-0.25, -0.2) is 13.4 Å². The van der Waals surface area contributed by atoms with E-state index in [9.17, 15) is 13.2 Å². The third-order valence-electron chi connectivity index (χ3n) is 6.43. The van der Waals surface area contributed by atoms with Crippen molar-refractivity contribution in [2.24, 2.45) is 0 Å². The van der Waals surface area contributed by atoms with Crippen molar-refractivity contribution in [2.75, 3.05) is 26.2 Å². The molecule has 182 valence electrons. The molecule has 0 radical (unpaired) electrons. The van der Waals surface area contributed by atoms with Crippen LogP contribution in [-0.2, 0) is 32.5 Å². The predicted octanol–water partition coefficient (Wildman–Crippen LogP) is 3.19. The number of fused-ring (bicyclic) bond motifs is 1. The normalized spacial score (nSPS) is 21.7. The average molecular weight is 477 g/mol. The van der Waals surface area contributed by atoms with E-state index in [1.165, 1.54) is 0 Å². The Morgan fingerprint density at radius 3 is 2.64 bits per heavy atom. The smallest absolute Gasteiger partial charge is 0.243 e. The first kappa shape index (κ1) is 24.2. The number of sulfonamides is 1. The van der Waals surface area contributed by atoms with Crippen LogP contribution in [0.3, 0.4) is 0 Å². The number of carbonyl (C=O) groups excluding carboxylic acids is 1. The standard InChI is InChI=1S/C24H36N4O4S/c1-5-12-28-21-9-8-19(33(30,31)27-13-6-7-14-27)15-20(21)25-22(28)10-11-23(29)26-16-18(2)32-24(3,4)17-26/h8-9,15,18H,5-7,10-14,16-17H2,1-4H3. The van der Waals surface area contributed by atoms with Gasteiger partial charge < -0.3 is 14.2 Å². The van der Waals surface area contributed by atoms with Gasteiger partial charge in [0.2, 0.25) is 15.9 Å². The van der Waals surface area contributed by atoms with Crippen molar-refractivity contribution in [1.29, 1.82) is 0 Å². The highest BCUT2D eigenvalue weighted by molar-refractivity contribution is 7.89. The van der Waals surface area contributed by atoms with E-state index in [0.717, 1.165) is 37.1 Å². The number of carbonyl (C=O) groups is 1. The number of aromatic nitrogens is 2. The molecule has 4 rings (SSSR count). The van der Waals surface area contributed by atoms with Crippen LogP contribution >= 0.6 is 0 Å². The van der Waals surface area contributed by atoms with Crippen molar-refractivity contribution in [2.45, 2.75) is 82.9 Å². The minimum absolute atomic E-state index is 0.0124. The minimum Gasteiger partial charge on any atom is -0.369 e. The number of hydrogen-bond acceptors (Lipinski definition) is 5. The van der Waals surface area contributed by atoms with E-state index >= 15 is 0 Å². The number of imidazole rings is 1. The van der Waals surface area contributed by atoms with Crippen molar-refractivity contribution in [3.63, 3.8) is 0 Å². The zero-order valence-corrected chi connectivity index (χ0v) is 21.0. The van der Waals surface area contributed by atoms with Crippen LogP contribution in [-0.4, -0.2) is 71.0 Å². The van der Waals surface area contributed by atoms with E-state index in [2.05, 4.69) is 11.5 Å². The molecular formula is C24H36N4O4S. The topological polar surface area (TPSA) is 84.7 Å². The Morgan fingerprint density at radius 1 is 1.24 bits per heavy atom. The maximum absolute atomic E-state index is 13.0. The van der Waals surface area contributed by atoms with Crippen molar-refractivity contribution in [1.82, 2.24) is 18.8 Å². The van der Waals surface area contributed by atoms with Gasteiger partial charge in [0, 0.05) is 45.6 Å². The molecule has 2 aliphatic heterocycles. The van der Waals surface area contributed by atoms with E-state index in [-0.39, 0.29) is 17.6 Å². The predicted molar refractivity (Wildman–Crippen MR) is 128 cm³/mol. The Morgan fingerprint density at radius 2 is 1.97 bits per heavy atom. The molecule has 1 aromatic carbocycles. The molecule has 33 heavy (non-hydrogen) atoms. The van der Waals surface area contributed by atoms with Gasteiger partial charge in [-0.1, -0.05) is 6.92 Å². The Balaban J connectivity index is 1.55. The molecule has 2 fully saturated rings. The number of amides is 1. The number of benzene rings is 1. The summed E-state index contributed by atoms with van der Waals surface area (Å²) in [5.74, 6) is 0.933. The summed E-state index contributed by atoms with van der Waals surface area (Å²) < 4.78 is 35.6. The molecule has 9 heteroatoms. The van der Waals surface area contributed by atoms with Crippen LogP contribution in [0.5, 0.6) is 0 Å².